The molecule has 3 aromatic carbocycles. The van der Waals surface area contributed by atoms with Gasteiger partial charge in [-0.3, -0.25) is 4.79 Å². The summed E-state index contributed by atoms with van der Waals surface area (Å²) >= 11 is 0. The minimum atomic E-state index is -0.989. The average molecular weight is 642 g/mol. The molecule has 1 fully saturated rings. The van der Waals surface area contributed by atoms with Crippen molar-refractivity contribution in [3.05, 3.63) is 101 Å². The van der Waals surface area contributed by atoms with Gasteiger partial charge in [-0.25, -0.2) is 0 Å². The standard InChI is InChI=1S/C38H45N2O7/c1-39-22-27-15-28(20-30(41)16-27)32(17-25-8-9-33(42)37(18-25)46-2)36(45)21-35(44)29(14-26-11-12-40-23-26)13-24-7-10-34(43)38(19-24)47-31-5-3-4-6-31/h7-12,15-16,18-20,23,29,31-32,35,39,41-44H,3-6,13-14,17,21-22H2,1-2H3/q-1/t29-,32+,35+/m0/s1. The molecule has 1 aliphatic rings. The summed E-state index contributed by atoms with van der Waals surface area (Å²) in [5, 5.41) is 46.0. The van der Waals surface area contributed by atoms with E-state index in [-0.39, 0.29) is 47.9 Å². The van der Waals surface area contributed by atoms with E-state index in [1.165, 1.54) is 13.2 Å². The Morgan fingerprint density at radius 1 is 0.872 bits per heavy atom. The lowest BCUT2D eigenvalue weighted by atomic mass is 9.81. The Morgan fingerprint density at radius 3 is 2.23 bits per heavy atom. The third-order valence-corrected chi connectivity index (χ3v) is 9.04. The monoisotopic (exact) mass is 641 g/mol. The quantitative estimate of drug-likeness (QED) is 0.106. The lowest BCUT2D eigenvalue weighted by Gasteiger charge is -2.26. The molecule has 0 saturated heterocycles. The number of nitrogens with zero attached hydrogens (tertiary/aromatic N) is 1. The van der Waals surface area contributed by atoms with E-state index in [9.17, 15) is 25.2 Å². The first kappa shape index (κ1) is 33.9. The Labute approximate surface area is 276 Å². The SMILES string of the molecule is CNCc1cc(O)cc([C@@H](Cc2ccc(O)c(OC)c2)C(=O)C[C@@H](O)[C@H](Cc2cc[n-]c2)Cc2ccc(O)c(OC3CCCC3)c2)c1. The Bertz CT molecular complexity index is 1610. The number of nitrogens with one attached hydrogen (secondary N) is 1. The smallest absolute Gasteiger partial charge is 0.161 e. The van der Waals surface area contributed by atoms with Crippen LogP contribution >= 0.6 is 0 Å². The molecular formula is C38H45N2O7-. The Kier molecular flexibility index (Phi) is 11.5. The number of aromatic hydroxyl groups is 3. The molecule has 0 amide bonds. The minimum absolute atomic E-state index is 0.000847. The van der Waals surface area contributed by atoms with Gasteiger partial charge in [0.25, 0.3) is 0 Å². The summed E-state index contributed by atoms with van der Waals surface area (Å²) in [6, 6.07) is 17.3. The third kappa shape index (κ3) is 9.08. The van der Waals surface area contributed by atoms with Gasteiger partial charge in [0.1, 0.15) is 11.5 Å². The topological polar surface area (TPSA) is 143 Å². The zero-order valence-corrected chi connectivity index (χ0v) is 27.1. The van der Waals surface area contributed by atoms with Crippen LogP contribution in [0.25, 0.3) is 0 Å². The summed E-state index contributed by atoms with van der Waals surface area (Å²) < 4.78 is 11.4. The van der Waals surface area contributed by atoms with Crippen molar-refractivity contribution in [2.24, 2.45) is 5.92 Å². The van der Waals surface area contributed by atoms with Crippen molar-refractivity contribution >= 4 is 5.78 Å². The van der Waals surface area contributed by atoms with Crippen LogP contribution in [-0.4, -0.2) is 52.6 Å². The summed E-state index contributed by atoms with van der Waals surface area (Å²) in [6.07, 6.45) is 7.86. The number of carbonyl (C=O) groups excluding carboxylic acids is 1. The van der Waals surface area contributed by atoms with Crippen LogP contribution in [0.5, 0.6) is 28.7 Å². The molecule has 5 rings (SSSR count). The van der Waals surface area contributed by atoms with Gasteiger partial charge >= 0.3 is 0 Å². The van der Waals surface area contributed by atoms with E-state index in [1.54, 1.807) is 42.7 Å². The van der Waals surface area contributed by atoms with Crippen LogP contribution < -0.4 is 19.8 Å². The average Bonchev–Trinajstić information content (AvgIpc) is 3.76. The number of aliphatic hydroxyl groups is 1. The van der Waals surface area contributed by atoms with Gasteiger partial charge in [-0.1, -0.05) is 29.8 Å². The van der Waals surface area contributed by atoms with Crippen molar-refractivity contribution in [3.63, 3.8) is 0 Å². The van der Waals surface area contributed by atoms with Crippen LogP contribution in [0.3, 0.4) is 0 Å². The molecule has 4 aromatic rings. The number of aromatic nitrogens is 1. The number of Topliss-reactive ketones (excluding diaryl/α,β-unsaturated/α-hetero) is 1. The first-order valence-corrected chi connectivity index (χ1v) is 16.3. The number of benzene rings is 3. The van der Waals surface area contributed by atoms with Crippen LogP contribution in [0.1, 0.15) is 65.8 Å². The van der Waals surface area contributed by atoms with Crippen molar-refractivity contribution in [1.82, 2.24) is 10.3 Å². The maximum Gasteiger partial charge on any atom is 0.161 e. The number of carbonyl (C=O) groups is 1. The fourth-order valence-corrected chi connectivity index (χ4v) is 6.58. The maximum absolute atomic E-state index is 14.2. The zero-order chi connectivity index (χ0) is 33.3. The Balaban J connectivity index is 1.41. The van der Waals surface area contributed by atoms with Gasteiger partial charge in [0, 0.05) is 18.9 Å². The van der Waals surface area contributed by atoms with Crippen molar-refractivity contribution in [3.8, 4) is 28.7 Å². The van der Waals surface area contributed by atoms with Crippen LogP contribution in [-0.2, 0) is 30.6 Å². The number of ether oxygens (including phenoxy) is 2. The predicted molar refractivity (Wildman–Crippen MR) is 179 cm³/mol. The highest BCUT2D eigenvalue weighted by Crippen LogP contribution is 2.35. The van der Waals surface area contributed by atoms with Crippen molar-refractivity contribution in [2.75, 3.05) is 14.2 Å². The summed E-state index contributed by atoms with van der Waals surface area (Å²) in [6.45, 7) is 0.507. The number of hydrogen-bond donors (Lipinski definition) is 5. The first-order valence-electron chi connectivity index (χ1n) is 16.3. The molecule has 1 saturated carbocycles. The number of hydrogen-bond acceptors (Lipinski definition) is 8. The van der Waals surface area contributed by atoms with Crippen molar-refractivity contribution < 1.29 is 34.7 Å². The Hall–Kier alpha value is -4.47. The minimum Gasteiger partial charge on any atom is -0.670 e. The van der Waals surface area contributed by atoms with Crippen LogP contribution in [0.15, 0.2) is 73.1 Å². The van der Waals surface area contributed by atoms with E-state index in [2.05, 4.69) is 10.3 Å². The number of rotatable bonds is 16. The molecule has 1 heterocycles. The zero-order valence-electron chi connectivity index (χ0n) is 27.1. The summed E-state index contributed by atoms with van der Waals surface area (Å²) in [5.74, 6) is -0.294. The largest absolute Gasteiger partial charge is 0.670 e. The van der Waals surface area contributed by atoms with Gasteiger partial charge in [0.05, 0.1) is 19.3 Å². The van der Waals surface area contributed by atoms with Crippen LogP contribution in [0.4, 0.5) is 0 Å². The van der Waals surface area contributed by atoms with Crippen molar-refractivity contribution in [2.45, 2.75) is 76.0 Å². The molecule has 3 atom stereocenters. The van der Waals surface area contributed by atoms with E-state index in [0.29, 0.717) is 36.4 Å². The lowest BCUT2D eigenvalue weighted by molar-refractivity contribution is -0.123. The molecule has 0 radical (unpaired) electrons. The molecule has 0 spiro atoms. The van der Waals surface area contributed by atoms with E-state index < -0.39 is 12.0 Å². The van der Waals surface area contributed by atoms with Gasteiger partial charge in [0.2, 0.25) is 0 Å². The number of phenolic OH excluding ortho intramolecular Hbond substituents is 3. The first-order chi connectivity index (χ1) is 22.7. The maximum atomic E-state index is 14.2. The van der Waals surface area contributed by atoms with Crippen LogP contribution in [0, 0.1) is 5.92 Å². The second kappa shape index (κ2) is 15.9. The second-order valence-corrected chi connectivity index (χ2v) is 12.6. The van der Waals surface area contributed by atoms with Gasteiger partial charge in [-0.2, -0.15) is 12.4 Å². The molecule has 9 nitrogen and oxygen atoms in total. The van der Waals surface area contributed by atoms with Gasteiger partial charge < -0.3 is 40.2 Å². The molecule has 5 N–H and O–H groups in total. The predicted octanol–water partition coefficient (Wildman–Crippen LogP) is 5.56. The van der Waals surface area contributed by atoms with E-state index in [0.717, 1.165) is 47.9 Å². The number of phenols is 3. The molecular weight excluding hydrogens is 596 g/mol. The molecule has 250 valence electrons. The van der Waals surface area contributed by atoms with Crippen LogP contribution in [0.2, 0.25) is 0 Å². The van der Waals surface area contributed by atoms with E-state index >= 15 is 0 Å². The highest BCUT2D eigenvalue weighted by atomic mass is 16.5. The fraction of sp³-hybridized carbons (Fsp3) is 0.395. The molecule has 9 heteroatoms. The molecule has 1 aromatic heterocycles. The summed E-state index contributed by atoms with van der Waals surface area (Å²) in [4.78, 5) is 18.4. The molecule has 47 heavy (non-hydrogen) atoms. The molecule has 1 aliphatic carbocycles. The van der Waals surface area contributed by atoms with Gasteiger partial charge in [0.15, 0.2) is 23.0 Å². The summed E-state index contributed by atoms with van der Waals surface area (Å²) in [5.41, 5.74) is 4.09. The number of methoxy groups -OCH3 is 1. The van der Waals surface area contributed by atoms with Gasteiger partial charge in [-0.15, -0.1) is 0 Å². The van der Waals surface area contributed by atoms with E-state index in [1.807, 2.05) is 31.3 Å². The third-order valence-electron chi connectivity index (χ3n) is 9.04. The second-order valence-electron chi connectivity index (χ2n) is 12.6. The number of ketones is 1. The molecule has 0 aliphatic heterocycles. The lowest BCUT2D eigenvalue weighted by Crippen LogP contribution is -2.30. The Morgan fingerprint density at radius 2 is 1.55 bits per heavy atom. The molecule has 0 unspecified atom stereocenters. The highest BCUT2D eigenvalue weighted by molar-refractivity contribution is 5.86. The molecule has 0 bridgehead atoms. The summed E-state index contributed by atoms with van der Waals surface area (Å²) in [7, 11) is 3.28. The van der Waals surface area contributed by atoms with Gasteiger partial charge in [-0.05, 0) is 117 Å². The normalized spacial score (nSPS) is 15.3. The van der Waals surface area contributed by atoms with Crippen molar-refractivity contribution in [1.29, 1.82) is 0 Å². The van der Waals surface area contributed by atoms with E-state index in [4.69, 9.17) is 9.47 Å². The number of aliphatic hydroxyl groups excluding tert-OH is 1. The fourth-order valence-electron chi connectivity index (χ4n) is 6.58. The highest BCUT2D eigenvalue weighted by Gasteiger charge is 2.29.